The zero-order valence-corrected chi connectivity index (χ0v) is 26.4. The topological polar surface area (TPSA) is 29.9 Å². The number of hydrogen-bond acceptors (Lipinski definition) is 2. The van der Waals surface area contributed by atoms with Gasteiger partial charge in [0.05, 0.1) is 0 Å². The third-order valence-electron chi connectivity index (χ3n) is 8.55. The van der Waals surface area contributed by atoms with Gasteiger partial charge in [0.15, 0.2) is 0 Å². The fourth-order valence-electron chi connectivity index (χ4n) is 5.80. The van der Waals surface area contributed by atoms with Gasteiger partial charge in [0.25, 0.3) is 0 Å². The van der Waals surface area contributed by atoms with Crippen molar-refractivity contribution in [1.29, 1.82) is 0 Å². The average molecular weight is 549 g/mol. The van der Waals surface area contributed by atoms with Gasteiger partial charge >= 0.3 is 225 Å². The summed E-state index contributed by atoms with van der Waals surface area (Å²) in [4.78, 5) is 4.90. The van der Waals surface area contributed by atoms with Crippen LogP contribution in [0, 0.1) is 13.8 Å². The second-order valence-corrected chi connectivity index (χ2v) is 25.9. The SMILES string of the molecule is [2H]C([2H])([2H])c1c[n+](C)c(-c2c(C)ccc3c2oc2nc(C(C)(C)C)ccc23)c[c]1[Ge]([CH3])([C](C)(C)C)[C](C)(C)C. The molecule has 0 unspecified atom stereocenters. The van der Waals surface area contributed by atoms with Crippen LogP contribution in [0.4, 0.5) is 0 Å². The van der Waals surface area contributed by atoms with Gasteiger partial charge in [0.1, 0.15) is 0 Å². The number of aryl methyl sites for hydroxylation is 3. The molecule has 4 aromatic rings. The Bertz CT molecular complexity index is 1560. The monoisotopic (exact) mass is 550 g/mol. The fourth-order valence-corrected chi connectivity index (χ4v) is 16.1. The van der Waals surface area contributed by atoms with Crippen molar-refractivity contribution in [3.05, 3.63) is 53.3 Å². The summed E-state index contributed by atoms with van der Waals surface area (Å²) in [5, 5.41) is 2.02. The summed E-state index contributed by atoms with van der Waals surface area (Å²) in [6, 6.07) is 10.6. The second kappa shape index (κ2) is 8.44. The van der Waals surface area contributed by atoms with Gasteiger partial charge in [0.2, 0.25) is 0 Å². The molecule has 0 aliphatic heterocycles. The second-order valence-electron chi connectivity index (χ2n) is 13.8. The Labute approximate surface area is 224 Å². The molecule has 0 amide bonds. The van der Waals surface area contributed by atoms with Crippen LogP contribution in [0.2, 0.25) is 14.3 Å². The normalized spacial score (nSPS) is 15.3. The van der Waals surface area contributed by atoms with Crippen molar-refractivity contribution in [2.24, 2.45) is 7.05 Å². The van der Waals surface area contributed by atoms with Gasteiger partial charge in [-0.05, 0) is 0 Å². The molecule has 3 nitrogen and oxygen atoms in total. The van der Waals surface area contributed by atoms with Crippen molar-refractivity contribution in [3.63, 3.8) is 0 Å². The van der Waals surface area contributed by atoms with Crippen molar-refractivity contribution in [2.75, 3.05) is 0 Å². The molecule has 0 fully saturated rings. The minimum absolute atomic E-state index is 0.0247. The molecule has 0 saturated carbocycles. The van der Waals surface area contributed by atoms with Crippen LogP contribution >= 0.6 is 0 Å². The van der Waals surface area contributed by atoms with E-state index in [1.165, 1.54) is 0 Å². The Kier molecular flexibility index (Phi) is 5.40. The first-order chi connectivity index (χ1) is 17.6. The Hall–Kier alpha value is -2.14. The summed E-state index contributed by atoms with van der Waals surface area (Å²) >= 11 is -3.12. The van der Waals surface area contributed by atoms with Crippen molar-refractivity contribution < 1.29 is 13.1 Å². The molecule has 4 heteroatoms. The number of rotatable bonds is 2. The van der Waals surface area contributed by atoms with E-state index in [9.17, 15) is 0 Å². The fraction of sp³-hybridized carbons (Fsp3) is 0.500. The zero-order chi connectivity index (χ0) is 29.5. The third-order valence-corrected chi connectivity index (χ3v) is 24.3. The molecule has 0 radical (unpaired) electrons. The molecule has 1 aromatic carbocycles. The standard InChI is InChI=1S/C32H45GeN2O/c1-20-14-15-22-23-16-17-26(30(3,4)5)34-29(23)36-28(22)27(20)25-18-24(21(2)19-35(25)13)33(12,31(6,7)8)32(9,10)11/h14-19H,1-13H3/q+1/i2D3. The molecule has 0 spiro atoms. The molecular weight excluding hydrogens is 501 g/mol. The number of benzene rings is 1. The van der Waals surface area contributed by atoms with E-state index < -0.39 is 20.1 Å². The summed E-state index contributed by atoms with van der Waals surface area (Å²) in [5.74, 6) is 2.40. The molecule has 36 heavy (non-hydrogen) atoms. The van der Waals surface area contributed by atoms with Crippen LogP contribution in [0.15, 0.2) is 40.9 Å². The van der Waals surface area contributed by atoms with Crippen LogP contribution in [0.5, 0.6) is 0 Å². The van der Waals surface area contributed by atoms with E-state index in [0.717, 1.165) is 43.3 Å². The molecule has 0 atom stereocenters. The van der Waals surface area contributed by atoms with Gasteiger partial charge in [-0.3, -0.25) is 0 Å². The molecule has 0 bridgehead atoms. The molecule has 0 aliphatic carbocycles. The Morgan fingerprint density at radius 2 is 1.50 bits per heavy atom. The molecule has 4 rings (SSSR count). The third kappa shape index (κ3) is 4.12. The van der Waals surface area contributed by atoms with Gasteiger partial charge in [-0.25, -0.2) is 0 Å². The summed E-state index contributed by atoms with van der Waals surface area (Å²) in [6.07, 6.45) is 1.86. The molecule has 3 aromatic heterocycles. The number of furan rings is 1. The Morgan fingerprint density at radius 1 is 0.889 bits per heavy atom. The van der Waals surface area contributed by atoms with E-state index in [2.05, 4.69) is 105 Å². The minimum atomic E-state index is -3.12. The van der Waals surface area contributed by atoms with Crippen LogP contribution in [-0.4, -0.2) is 18.3 Å². The molecule has 0 saturated heterocycles. The van der Waals surface area contributed by atoms with Crippen LogP contribution in [0.25, 0.3) is 33.3 Å². The van der Waals surface area contributed by atoms with Crippen LogP contribution in [-0.2, 0) is 12.5 Å². The van der Waals surface area contributed by atoms with Gasteiger partial charge in [-0.15, -0.1) is 0 Å². The molecule has 0 aliphatic rings. The van der Waals surface area contributed by atoms with Crippen molar-refractivity contribution in [1.82, 2.24) is 4.98 Å². The maximum absolute atomic E-state index is 8.51. The predicted molar refractivity (Wildman–Crippen MR) is 157 cm³/mol. The summed E-state index contributed by atoms with van der Waals surface area (Å²) in [5.41, 5.74) is 5.87. The maximum atomic E-state index is 8.51. The number of aromatic nitrogens is 2. The van der Waals surface area contributed by atoms with Gasteiger partial charge in [0, 0.05) is 0 Å². The first kappa shape index (κ1) is 23.0. The van der Waals surface area contributed by atoms with Gasteiger partial charge in [-0.1, -0.05) is 0 Å². The van der Waals surface area contributed by atoms with Crippen molar-refractivity contribution >= 4 is 39.7 Å². The summed E-state index contributed by atoms with van der Waals surface area (Å²) in [7, 11) is 1.95. The Balaban J connectivity index is 2.14. The van der Waals surface area contributed by atoms with E-state index in [4.69, 9.17) is 13.5 Å². The Morgan fingerprint density at radius 3 is 2.06 bits per heavy atom. The predicted octanol–water partition coefficient (Wildman–Crippen LogP) is 8.27. The number of hydrogen-bond donors (Lipinski definition) is 0. The van der Waals surface area contributed by atoms with Gasteiger partial charge in [-0.2, -0.15) is 0 Å². The van der Waals surface area contributed by atoms with Crippen molar-refractivity contribution in [2.45, 2.75) is 95.8 Å². The summed E-state index contributed by atoms with van der Waals surface area (Å²) < 4.78 is 35.1. The molecule has 3 heterocycles. The molecular formula is C32H45GeN2O+. The summed E-state index contributed by atoms with van der Waals surface area (Å²) in [6.45, 7) is 20.1. The first-order valence-corrected chi connectivity index (χ1v) is 18.2. The van der Waals surface area contributed by atoms with E-state index in [0.29, 0.717) is 11.3 Å². The zero-order valence-electron chi connectivity index (χ0n) is 27.3. The molecule has 0 N–H and O–H groups in total. The van der Waals surface area contributed by atoms with E-state index in [1.807, 2.05) is 17.8 Å². The van der Waals surface area contributed by atoms with E-state index >= 15 is 0 Å². The molecule has 192 valence electrons. The quantitative estimate of drug-likeness (QED) is 0.186. The van der Waals surface area contributed by atoms with Crippen LogP contribution in [0.1, 0.15) is 83.2 Å². The average Bonchev–Trinajstić information content (AvgIpc) is 3.13. The number of pyridine rings is 2. The number of fused-ring (bicyclic) bond motifs is 3. The first-order valence-electron chi connectivity index (χ1n) is 14.5. The van der Waals surface area contributed by atoms with E-state index in [-0.39, 0.29) is 13.9 Å². The van der Waals surface area contributed by atoms with Crippen LogP contribution in [0.3, 0.4) is 0 Å². The van der Waals surface area contributed by atoms with Gasteiger partial charge < -0.3 is 0 Å². The van der Waals surface area contributed by atoms with E-state index in [1.54, 1.807) is 0 Å². The van der Waals surface area contributed by atoms with Crippen molar-refractivity contribution in [3.8, 4) is 11.3 Å². The number of nitrogens with zero attached hydrogens (tertiary/aromatic N) is 2. The van der Waals surface area contributed by atoms with Crippen LogP contribution < -0.4 is 8.96 Å².